The summed E-state index contributed by atoms with van der Waals surface area (Å²) in [4.78, 5) is 11.1. The molecule has 0 saturated heterocycles. The highest BCUT2D eigenvalue weighted by atomic mass is 35.5. The molecule has 0 unspecified atom stereocenters. The van der Waals surface area contributed by atoms with Crippen molar-refractivity contribution >= 4 is 17.6 Å². The largest absolute Gasteiger partial charge is 0.465 e. The Morgan fingerprint density at radius 2 is 2.31 bits per heavy atom. The summed E-state index contributed by atoms with van der Waals surface area (Å²) >= 11 is 5.66. The minimum atomic E-state index is -0.556. The maximum Gasteiger partial charge on any atom is 0.339 e. The Balaban J connectivity index is 3.25. The van der Waals surface area contributed by atoms with Gasteiger partial charge >= 0.3 is 5.97 Å². The fourth-order valence-electron chi connectivity index (χ4n) is 0.893. The molecule has 0 aliphatic rings. The van der Waals surface area contributed by atoms with Crippen molar-refractivity contribution < 1.29 is 9.53 Å². The summed E-state index contributed by atoms with van der Waals surface area (Å²) in [5.74, 6) is -0.556. The van der Waals surface area contributed by atoms with Gasteiger partial charge in [-0.3, -0.25) is 0 Å². The third-order valence-corrected chi connectivity index (χ3v) is 1.74. The third-order valence-electron chi connectivity index (χ3n) is 1.51. The van der Waals surface area contributed by atoms with Gasteiger partial charge in [-0.05, 0) is 18.2 Å². The fraction of sp³-hybridized carbons (Fsp3) is 0.111. The summed E-state index contributed by atoms with van der Waals surface area (Å²) in [6.45, 7) is 0. The lowest BCUT2D eigenvalue weighted by Crippen LogP contribution is -2.03. The molecule has 3 nitrogen and oxygen atoms in total. The normalized spacial score (nSPS) is 9.00. The van der Waals surface area contributed by atoms with Crippen molar-refractivity contribution in [2.75, 3.05) is 7.11 Å². The molecule has 1 rings (SSSR count). The molecule has 0 heterocycles. The van der Waals surface area contributed by atoms with Crippen molar-refractivity contribution in [2.24, 2.45) is 0 Å². The van der Waals surface area contributed by atoms with Crippen LogP contribution in [-0.2, 0) is 4.74 Å². The number of benzene rings is 1. The molecule has 0 aromatic heterocycles. The van der Waals surface area contributed by atoms with Gasteiger partial charge in [0.25, 0.3) is 0 Å². The number of hydrogen-bond acceptors (Lipinski definition) is 3. The second-order valence-electron chi connectivity index (χ2n) is 2.29. The molecule has 0 bridgehead atoms. The Kier molecular flexibility index (Phi) is 2.88. The van der Waals surface area contributed by atoms with Gasteiger partial charge in [-0.1, -0.05) is 11.6 Å². The summed E-state index contributed by atoms with van der Waals surface area (Å²) in [7, 11) is 1.25. The van der Waals surface area contributed by atoms with E-state index >= 15 is 0 Å². The smallest absolute Gasteiger partial charge is 0.339 e. The van der Waals surface area contributed by atoms with E-state index in [0.29, 0.717) is 5.02 Å². The van der Waals surface area contributed by atoms with Crippen LogP contribution >= 0.6 is 11.6 Å². The SMILES string of the molecule is COC(=O)c1cc(Cl)ccc1C#N. The average molecular weight is 196 g/mol. The number of carbonyl (C=O) groups is 1. The Bertz CT molecular complexity index is 382. The number of methoxy groups -OCH3 is 1. The molecule has 13 heavy (non-hydrogen) atoms. The zero-order chi connectivity index (χ0) is 9.84. The van der Waals surface area contributed by atoms with E-state index in [4.69, 9.17) is 16.9 Å². The Labute approximate surface area is 80.5 Å². The van der Waals surface area contributed by atoms with E-state index in [1.165, 1.54) is 19.2 Å². The summed E-state index contributed by atoms with van der Waals surface area (Å²) in [5.41, 5.74) is 0.453. The number of hydrogen-bond donors (Lipinski definition) is 0. The second-order valence-corrected chi connectivity index (χ2v) is 2.73. The van der Waals surface area contributed by atoms with E-state index in [0.717, 1.165) is 0 Å². The van der Waals surface area contributed by atoms with Gasteiger partial charge in [0.05, 0.1) is 18.2 Å². The van der Waals surface area contributed by atoms with Gasteiger partial charge in [-0.2, -0.15) is 5.26 Å². The van der Waals surface area contributed by atoms with Crippen LogP contribution in [0.2, 0.25) is 5.02 Å². The first kappa shape index (κ1) is 9.56. The Morgan fingerprint density at radius 1 is 1.62 bits per heavy atom. The van der Waals surface area contributed by atoms with Crippen molar-refractivity contribution in [2.45, 2.75) is 0 Å². The zero-order valence-corrected chi connectivity index (χ0v) is 7.63. The molecule has 0 spiro atoms. The fourth-order valence-corrected chi connectivity index (χ4v) is 1.06. The molecule has 0 radical (unpaired) electrons. The van der Waals surface area contributed by atoms with Gasteiger partial charge in [0.1, 0.15) is 6.07 Å². The van der Waals surface area contributed by atoms with Gasteiger partial charge in [-0.15, -0.1) is 0 Å². The highest BCUT2D eigenvalue weighted by Crippen LogP contribution is 2.16. The van der Waals surface area contributed by atoms with Crippen LogP contribution in [0, 0.1) is 11.3 Å². The van der Waals surface area contributed by atoms with Crippen LogP contribution in [0.1, 0.15) is 15.9 Å². The van der Waals surface area contributed by atoms with Crippen molar-refractivity contribution in [3.05, 3.63) is 34.3 Å². The van der Waals surface area contributed by atoms with Gasteiger partial charge in [0, 0.05) is 5.02 Å². The Morgan fingerprint density at radius 3 is 2.85 bits per heavy atom. The second kappa shape index (κ2) is 3.92. The predicted octanol–water partition coefficient (Wildman–Crippen LogP) is 2.00. The molecule has 0 N–H and O–H groups in total. The summed E-state index contributed by atoms with van der Waals surface area (Å²) in [5, 5.41) is 9.06. The van der Waals surface area contributed by atoms with E-state index in [1.54, 1.807) is 6.07 Å². The molecule has 66 valence electrons. The molecule has 4 heteroatoms. The first-order chi connectivity index (χ1) is 6.19. The van der Waals surface area contributed by atoms with E-state index in [9.17, 15) is 4.79 Å². The van der Waals surface area contributed by atoms with Gasteiger partial charge in [0.15, 0.2) is 0 Å². The minimum absolute atomic E-state index is 0.192. The van der Waals surface area contributed by atoms with Crippen molar-refractivity contribution in [1.82, 2.24) is 0 Å². The topological polar surface area (TPSA) is 50.1 Å². The minimum Gasteiger partial charge on any atom is -0.465 e. The average Bonchev–Trinajstić information content (AvgIpc) is 2.16. The molecule has 0 fully saturated rings. The number of halogens is 1. The van der Waals surface area contributed by atoms with E-state index in [2.05, 4.69) is 4.74 Å². The van der Waals surface area contributed by atoms with Crippen LogP contribution in [0.15, 0.2) is 18.2 Å². The molecular formula is C9H6ClNO2. The molecule has 0 amide bonds. The van der Waals surface area contributed by atoms with Crippen LogP contribution in [-0.4, -0.2) is 13.1 Å². The zero-order valence-electron chi connectivity index (χ0n) is 6.87. The quantitative estimate of drug-likeness (QED) is 0.644. The number of esters is 1. The van der Waals surface area contributed by atoms with E-state index in [1.807, 2.05) is 6.07 Å². The molecule has 1 aromatic rings. The summed E-state index contributed by atoms with van der Waals surface area (Å²) in [6, 6.07) is 6.32. The Hall–Kier alpha value is -1.53. The predicted molar refractivity (Wildman–Crippen MR) is 47.5 cm³/mol. The number of carbonyl (C=O) groups excluding carboxylic acids is 1. The number of nitriles is 1. The number of rotatable bonds is 1. The standard InChI is InChI=1S/C9H6ClNO2/c1-13-9(12)8-4-7(10)3-2-6(8)5-11/h2-4H,1H3. The van der Waals surface area contributed by atoms with Gasteiger partial charge < -0.3 is 4.74 Å². The van der Waals surface area contributed by atoms with Crippen LogP contribution in [0.25, 0.3) is 0 Å². The van der Waals surface area contributed by atoms with Crippen LogP contribution < -0.4 is 0 Å². The van der Waals surface area contributed by atoms with Crippen LogP contribution in [0.4, 0.5) is 0 Å². The molecule has 0 saturated carbocycles. The lowest BCUT2D eigenvalue weighted by Gasteiger charge is -2.01. The van der Waals surface area contributed by atoms with E-state index < -0.39 is 5.97 Å². The molecule has 0 atom stereocenters. The maximum absolute atomic E-state index is 11.1. The van der Waals surface area contributed by atoms with Crippen LogP contribution in [0.5, 0.6) is 0 Å². The first-order valence-electron chi connectivity index (χ1n) is 3.47. The summed E-state index contributed by atoms with van der Waals surface area (Å²) in [6.07, 6.45) is 0. The third kappa shape index (κ3) is 1.98. The van der Waals surface area contributed by atoms with E-state index in [-0.39, 0.29) is 11.1 Å². The lowest BCUT2D eigenvalue weighted by molar-refractivity contribution is 0.0600. The van der Waals surface area contributed by atoms with Crippen molar-refractivity contribution in [3.63, 3.8) is 0 Å². The highest BCUT2D eigenvalue weighted by Gasteiger charge is 2.11. The summed E-state index contributed by atoms with van der Waals surface area (Å²) < 4.78 is 4.49. The molecule has 1 aromatic carbocycles. The first-order valence-corrected chi connectivity index (χ1v) is 3.85. The monoisotopic (exact) mass is 195 g/mol. The van der Waals surface area contributed by atoms with Gasteiger partial charge in [0.2, 0.25) is 0 Å². The molecule has 0 aliphatic carbocycles. The van der Waals surface area contributed by atoms with Crippen molar-refractivity contribution in [3.8, 4) is 6.07 Å². The van der Waals surface area contributed by atoms with Gasteiger partial charge in [-0.25, -0.2) is 4.79 Å². The molecule has 0 aliphatic heterocycles. The van der Waals surface area contributed by atoms with Crippen LogP contribution in [0.3, 0.4) is 0 Å². The number of nitrogens with zero attached hydrogens (tertiary/aromatic N) is 1. The maximum atomic E-state index is 11.1. The number of ether oxygens (including phenoxy) is 1. The lowest BCUT2D eigenvalue weighted by atomic mass is 10.1. The molecular weight excluding hydrogens is 190 g/mol. The highest BCUT2D eigenvalue weighted by molar-refractivity contribution is 6.31. The van der Waals surface area contributed by atoms with Crippen molar-refractivity contribution in [1.29, 1.82) is 5.26 Å².